The summed E-state index contributed by atoms with van der Waals surface area (Å²) < 4.78 is 0. The first-order valence-electron chi connectivity index (χ1n) is 6.56. The molecule has 0 aliphatic carbocycles. The number of carbonyl (C=O) groups is 1. The fourth-order valence-electron chi connectivity index (χ4n) is 1.66. The fraction of sp³-hybridized carbons (Fsp3) is 0.357. The Morgan fingerprint density at radius 3 is 2.85 bits per heavy atom. The van der Waals surface area contributed by atoms with E-state index >= 15 is 0 Å². The van der Waals surface area contributed by atoms with E-state index in [4.69, 9.17) is 0 Å². The molecule has 0 unspecified atom stereocenters. The largest absolute Gasteiger partial charge is 0.360 e. The summed E-state index contributed by atoms with van der Waals surface area (Å²) in [5, 5.41) is 14.9. The number of aryl methyl sites for hydroxylation is 2. The third kappa shape index (κ3) is 3.54. The Kier molecular flexibility index (Phi) is 4.68. The van der Waals surface area contributed by atoms with E-state index in [1.165, 1.54) is 11.3 Å². The maximum atomic E-state index is 12.1. The van der Waals surface area contributed by atoms with E-state index in [-0.39, 0.29) is 5.91 Å². The van der Waals surface area contributed by atoms with Gasteiger partial charge in [-0.3, -0.25) is 4.79 Å². The molecular weight excluding hydrogens is 272 g/mol. The van der Waals surface area contributed by atoms with E-state index in [2.05, 4.69) is 27.8 Å². The average Bonchev–Trinajstić information content (AvgIpc) is 2.89. The van der Waals surface area contributed by atoms with Crippen LogP contribution in [-0.4, -0.2) is 22.6 Å². The molecule has 0 aliphatic rings. The van der Waals surface area contributed by atoms with Crippen molar-refractivity contribution in [3.63, 3.8) is 0 Å². The zero-order valence-electron chi connectivity index (χ0n) is 11.9. The number of hydrogen-bond acceptors (Lipinski definition) is 5. The molecule has 6 heteroatoms. The molecule has 0 saturated carbocycles. The SMILES string of the molecule is CCCNc1nnc(C(=O)Nc2cc(C)ccc2C)s1. The average molecular weight is 290 g/mol. The van der Waals surface area contributed by atoms with E-state index in [1.54, 1.807) is 0 Å². The molecule has 2 N–H and O–H groups in total. The summed E-state index contributed by atoms with van der Waals surface area (Å²) in [6.07, 6.45) is 1.00. The van der Waals surface area contributed by atoms with Gasteiger partial charge in [0.25, 0.3) is 5.91 Å². The van der Waals surface area contributed by atoms with Crippen LogP contribution in [0, 0.1) is 13.8 Å². The monoisotopic (exact) mass is 290 g/mol. The van der Waals surface area contributed by atoms with Crippen LogP contribution in [0.15, 0.2) is 18.2 Å². The van der Waals surface area contributed by atoms with Crippen molar-refractivity contribution in [2.75, 3.05) is 17.2 Å². The maximum Gasteiger partial charge on any atom is 0.286 e. The van der Waals surface area contributed by atoms with Crippen molar-refractivity contribution in [2.45, 2.75) is 27.2 Å². The van der Waals surface area contributed by atoms with Gasteiger partial charge in [0.05, 0.1) is 0 Å². The van der Waals surface area contributed by atoms with Gasteiger partial charge in [-0.1, -0.05) is 30.4 Å². The summed E-state index contributed by atoms with van der Waals surface area (Å²) in [7, 11) is 0. The van der Waals surface area contributed by atoms with Crippen molar-refractivity contribution in [1.29, 1.82) is 0 Å². The first-order valence-corrected chi connectivity index (χ1v) is 7.37. The van der Waals surface area contributed by atoms with E-state index in [9.17, 15) is 4.79 Å². The number of aromatic nitrogens is 2. The normalized spacial score (nSPS) is 10.3. The van der Waals surface area contributed by atoms with Crippen molar-refractivity contribution in [3.8, 4) is 0 Å². The molecule has 0 radical (unpaired) electrons. The van der Waals surface area contributed by atoms with Gasteiger partial charge in [-0.05, 0) is 37.5 Å². The van der Waals surface area contributed by atoms with Crippen molar-refractivity contribution < 1.29 is 4.79 Å². The molecule has 1 aromatic heterocycles. The lowest BCUT2D eigenvalue weighted by atomic mass is 10.1. The van der Waals surface area contributed by atoms with Gasteiger partial charge in [0.1, 0.15) is 0 Å². The molecule has 0 bridgehead atoms. The summed E-state index contributed by atoms with van der Waals surface area (Å²) in [6.45, 7) is 6.85. The van der Waals surface area contributed by atoms with Crippen LogP contribution in [0.5, 0.6) is 0 Å². The lowest BCUT2D eigenvalue weighted by Gasteiger charge is -2.07. The molecule has 106 valence electrons. The number of rotatable bonds is 5. The Morgan fingerprint density at radius 2 is 2.10 bits per heavy atom. The predicted molar refractivity (Wildman–Crippen MR) is 82.6 cm³/mol. The zero-order chi connectivity index (χ0) is 14.5. The first-order chi connectivity index (χ1) is 9.60. The molecule has 1 heterocycles. The minimum absolute atomic E-state index is 0.222. The third-order valence-electron chi connectivity index (χ3n) is 2.79. The van der Waals surface area contributed by atoms with Gasteiger partial charge < -0.3 is 10.6 Å². The third-order valence-corrected chi connectivity index (χ3v) is 3.67. The molecule has 5 nitrogen and oxygen atoms in total. The molecule has 1 aromatic carbocycles. The van der Waals surface area contributed by atoms with Crippen LogP contribution in [-0.2, 0) is 0 Å². The van der Waals surface area contributed by atoms with Gasteiger partial charge in [0, 0.05) is 12.2 Å². The Labute approximate surface area is 122 Å². The first kappa shape index (κ1) is 14.5. The van der Waals surface area contributed by atoms with Crippen LogP contribution < -0.4 is 10.6 Å². The molecule has 2 rings (SSSR count). The molecule has 0 atom stereocenters. The van der Waals surface area contributed by atoms with Crippen molar-refractivity contribution in [2.24, 2.45) is 0 Å². The fourth-order valence-corrected chi connectivity index (χ4v) is 2.33. The molecule has 0 fully saturated rings. The lowest BCUT2D eigenvalue weighted by Crippen LogP contribution is -2.12. The van der Waals surface area contributed by atoms with Gasteiger partial charge >= 0.3 is 0 Å². The van der Waals surface area contributed by atoms with Crippen molar-refractivity contribution >= 4 is 28.1 Å². The number of carbonyl (C=O) groups excluding carboxylic acids is 1. The molecule has 20 heavy (non-hydrogen) atoms. The quantitative estimate of drug-likeness (QED) is 0.887. The van der Waals surface area contributed by atoms with Crippen LogP contribution in [0.4, 0.5) is 10.8 Å². The highest BCUT2D eigenvalue weighted by molar-refractivity contribution is 7.17. The van der Waals surface area contributed by atoms with Gasteiger partial charge in [-0.2, -0.15) is 0 Å². The number of nitrogens with one attached hydrogen (secondary N) is 2. The number of amides is 1. The van der Waals surface area contributed by atoms with Crippen molar-refractivity contribution in [3.05, 3.63) is 34.3 Å². The maximum absolute atomic E-state index is 12.1. The predicted octanol–water partition coefficient (Wildman–Crippen LogP) is 3.23. The number of hydrogen-bond donors (Lipinski definition) is 2. The number of nitrogens with zero attached hydrogens (tertiary/aromatic N) is 2. The van der Waals surface area contributed by atoms with Crippen LogP contribution in [0.1, 0.15) is 34.3 Å². The van der Waals surface area contributed by atoms with Gasteiger partial charge in [-0.25, -0.2) is 0 Å². The molecule has 0 spiro atoms. The molecular formula is C14H18N4OS. The Hall–Kier alpha value is -1.95. The van der Waals surface area contributed by atoms with E-state index in [0.717, 1.165) is 29.8 Å². The van der Waals surface area contributed by atoms with E-state index in [0.29, 0.717) is 10.1 Å². The summed E-state index contributed by atoms with van der Waals surface area (Å²) >= 11 is 1.26. The second-order valence-electron chi connectivity index (χ2n) is 4.61. The molecule has 0 aliphatic heterocycles. The Morgan fingerprint density at radius 1 is 1.30 bits per heavy atom. The second kappa shape index (κ2) is 6.47. The molecule has 0 saturated heterocycles. The smallest absolute Gasteiger partial charge is 0.286 e. The summed E-state index contributed by atoms with van der Waals surface area (Å²) in [6, 6.07) is 5.95. The zero-order valence-corrected chi connectivity index (χ0v) is 12.7. The highest BCUT2D eigenvalue weighted by atomic mass is 32.1. The van der Waals surface area contributed by atoms with Crippen LogP contribution in [0.3, 0.4) is 0 Å². The van der Waals surface area contributed by atoms with Crippen LogP contribution in [0.25, 0.3) is 0 Å². The minimum atomic E-state index is -0.222. The van der Waals surface area contributed by atoms with Crippen LogP contribution >= 0.6 is 11.3 Å². The number of anilines is 2. The number of benzene rings is 1. The standard InChI is InChI=1S/C14H18N4OS/c1-4-7-15-14-18-17-13(20-14)12(19)16-11-8-9(2)5-6-10(11)3/h5-6,8H,4,7H2,1-3H3,(H,15,18)(H,16,19). The Balaban J connectivity index is 2.08. The van der Waals surface area contributed by atoms with Gasteiger partial charge in [-0.15, -0.1) is 10.2 Å². The van der Waals surface area contributed by atoms with Crippen molar-refractivity contribution in [1.82, 2.24) is 10.2 Å². The lowest BCUT2D eigenvalue weighted by molar-refractivity contribution is 0.102. The minimum Gasteiger partial charge on any atom is -0.360 e. The molecule has 1 amide bonds. The van der Waals surface area contributed by atoms with Crippen LogP contribution in [0.2, 0.25) is 0 Å². The van der Waals surface area contributed by atoms with E-state index in [1.807, 2.05) is 32.0 Å². The summed E-state index contributed by atoms with van der Waals surface area (Å²) in [5.41, 5.74) is 2.94. The van der Waals surface area contributed by atoms with Gasteiger partial charge in [0.15, 0.2) is 0 Å². The molecule has 2 aromatic rings. The highest BCUT2D eigenvalue weighted by Crippen LogP contribution is 2.20. The highest BCUT2D eigenvalue weighted by Gasteiger charge is 2.13. The van der Waals surface area contributed by atoms with Gasteiger partial charge in [0.2, 0.25) is 10.1 Å². The summed E-state index contributed by atoms with van der Waals surface area (Å²) in [5.74, 6) is -0.222. The topological polar surface area (TPSA) is 66.9 Å². The second-order valence-corrected chi connectivity index (χ2v) is 5.59. The van der Waals surface area contributed by atoms with E-state index < -0.39 is 0 Å². The Bertz CT molecular complexity index is 609. The summed E-state index contributed by atoms with van der Waals surface area (Å²) in [4.78, 5) is 12.1.